The average molecular weight is 533 g/mol. The van der Waals surface area contributed by atoms with Crippen molar-refractivity contribution in [3.05, 3.63) is 119 Å². The van der Waals surface area contributed by atoms with Crippen molar-refractivity contribution in [2.45, 2.75) is 31.5 Å². The fourth-order valence-electron chi connectivity index (χ4n) is 3.82. The van der Waals surface area contributed by atoms with Crippen molar-refractivity contribution in [1.29, 1.82) is 0 Å². The number of nitrogens with zero attached hydrogens (tertiary/aromatic N) is 2. The summed E-state index contributed by atoms with van der Waals surface area (Å²) in [6, 6.07) is 28.8. The van der Waals surface area contributed by atoms with Crippen LogP contribution in [0.2, 0.25) is 0 Å². The van der Waals surface area contributed by atoms with Gasteiger partial charge in [0.1, 0.15) is 0 Å². The van der Waals surface area contributed by atoms with Gasteiger partial charge in [0.05, 0.1) is 12.1 Å². The van der Waals surface area contributed by atoms with Gasteiger partial charge in [-0.05, 0) is 30.5 Å². The maximum Gasteiger partial charge on any atom is 0.309 e. The maximum atomic E-state index is 13.3. The van der Waals surface area contributed by atoms with Crippen LogP contribution in [-0.4, -0.2) is 27.8 Å². The molecular formula is C28H28N4O5S. The number of carboxylic acids is 1. The molecule has 1 unspecified atom stereocenters. The lowest BCUT2D eigenvalue weighted by Gasteiger charge is -2.35. The number of aliphatic imine (C=N–C) groups is 1. The third-order valence-corrected chi connectivity index (χ3v) is 7.03. The maximum absolute atomic E-state index is 13.3. The number of carboxylic acid groups (broad SMARTS) is 1. The Labute approximate surface area is 223 Å². The van der Waals surface area contributed by atoms with Gasteiger partial charge < -0.3 is 10.8 Å². The molecule has 1 aliphatic heterocycles. The van der Waals surface area contributed by atoms with E-state index in [1.807, 2.05) is 91.0 Å². The van der Waals surface area contributed by atoms with Crippen molar-refractivity contribution in [2.75, 3.05) is 0 Å². The number of amidine groups is 1. The third kappa shape index (κ3) is 5.88. The minimum atomic E-state index is -1.45. The van der Waals surface area contributed by atoms with Gasteiger partial charge in [-0.2, -0.15) is 0 Å². The Morgan fingerprint density at radius 1 is 0.921 bits per heavy atom. The van der Waals surface area contributed by atoms with Crippen LogP contribution >= 0.6 is 0 Å². The molecule has 0 fully saturated rings. The number of nitrogens with one attached hydrogen (secondary N) is 1. The number of aliphatic carboxylic acids is 1. The topological polar surface area (TPSA) is 136 Å². The van der Waals surface area contributed by atoms with Crippen LogP contribution in [0.4, 0.5) is 0 Å². The minimum absolute atomic E-state index is 0.116. The predicted molar refractivity (Wildman–Crippen MR) is 145 cm³/mol. The summed E-state index contributed by atoms with van der Waals surface area (Å²) in [5, 5.41) is 10.6. The predicted octanol–water partition coefficient (Wildman–Crippen LogP) is 4.18. The summed E-state index contributed by atoms with van der Waals surface area (Å²) in [5.41, 5.74) is 8.60. The van der Waals surface area contributed by atoms with E-state index in [0.717, 1.165) is 16.7 Å². The summed E-state index contributed by atoms with van der Waals surface area (Å²) in [6.07, 6.45) is -0.280. The van der Waals surface area contributed by atoms with E-state index in [9.17, 15) is 9.59 Å². The van der Waals surface area contributed by atoms with E-state index in [-0.39, 0.29) is 17.3 Å². The highest BCUT2D eigenvalue weighted by Crippen LogP contribution is 2.39. The molecule has 1 heterocycles. The smallest absolute Gasteiger partial charge is 0.309 e. The van der Waals surface area contributed by atoms with Crippen LogP contribution in [-0.2, 0) is 35.6 Å². The van der Waals surface area contributed by atoms with Crippen LogP contribution < -0.4 is 11.2 Å². The van der Waals surface area contributed by atoms with Gasteiger partial charge in [-0.15, -0.1) is 0 Å². The number of hydrogen-bond donors (Lipinski definition) is 3. The molecule has 196 valence electrons. The zero-order valence-electron chi connectivity index (χ0n) is 20.9. The van der Waals surface area contributed by atoms with Crippen molar-refractivity contribution in [3.8, 4) is 0 Å². The number of rotatable bonds is 10. The molecule has 1 amide bonds. The van der Waals surface area contributed by atoms with Gasteiger partial charge in [-0.25, -0.2) is 15.3 Å². The first kappa shape index (κ1) is 26.9. The molecule has 1 aliphatic rings. The largest absolute Gasteiger partial charge is 0.481 e. The van der Waals surface area contributed by atoms with Crippen LogP contribution in [0.3, 0.4) is 0 Å². The Morgan fingerprint density at radius 3 is 1.84 bits per heavy atom. The van der Waals surface area contributed by atoms with Gasteiger partial charge in [0.25, 0.3) is 5.91 Å². The van der Waals surface area contributed by atoms with Crippen LogP contribution in [0.25, 0.3) is 0 Å². The standard InChI is InChI=1S/C28H28N4O5S/c1-27(2,36-32-38-19-23(18-24(33)34)30-26(38)29)25(35)31-37-28(20-12-6-3-7-13-20,21-14-8-4-9-15-21)22-16-10-5-11-17-22/h3-17,19H,18H2,1-2H3,(H2,29,30)(H,31,35)(H,33,34). The Balaban J connectivity index is 1.62. The van der Waals surface area contributed by atoms with Crippen molar-refractivity contribution < 1.29 is 24.4 Å². The molecule has 4 N–H and O–H groups in total. The molecule has 0 spiro atoms. The molecule has 0 radical (unpaired) electrons. The first-order valence-electron chi connectivity index (χ1n) is 11.8. The minimum Gasteiger partial charge on any atom is -0.481 e. The Morgan fingerprint density at radius 2 is 1.39 bits per heavy atom. The highest BCUT2D eigenvalue weighted by Gasteiger charge is 2.41. The fourth-order valence-corrected chi connectivity index (χ4v) is 4.93. The van der Waals surface area contributed by atoms with Gasteiger partial charge in [0.15, 0.2) is 16.4 Å². The molecule has 0 saturated carbocycles. The van der Waals surface area contributed by atoms with Gasteiger partial charge >= 0.3 is 5.97 Å². The zero-order chi connectivity index (χ0) is 27.2. The summed E-state index contributed by atoms with van der Waals surface area (Å²) >= 11 is 0. The zero-order valence-corrected chi connectivity index (χ0v) is 21.7. The summed E-state index contributed by atoms with van der Waals surface area (Å²) in [5.74, 6) is -1.61. The Hall–Kier alpha value is -4.12. The van der Waals surface area contributed by atoms with E-state index < -0.39 is 33.8 Å². The third-order valence-electron chi connectivity index (χ3n) is 5.78. The number of hydroxylamine groups is 1. The molecule has 0 aliphatic carbocycles. The number of carbonyl (C=O) groups excluding carboxylic acids is 1. The molecule has 4 rings (SSSR count). The number of nitrogens with two attached hydrogens (primary N) is 1. The molecule has 0 aromatic heterocycles. The Bertz CT molecular complexity index is 1290. The molecule has 0 saturated heterocycles. The van der Waals surface area contributed by atoms with Gasteiger partial charge in [0.2, 0.25) is 0 Å². The van der Waals surface area contributed by atoms with Gasteiger partial charge in [-0.3, -0.25) is 14.4 Å². The van der Waals surface area contributed by atoms with E-state index in [1.165, 1.54) is 5.41 Å². The molecule has 38 heavy (non-hydrogen) atoms. The van der Waals surface area contributed by atoms with Crippen molar-refractivity contribution in [1.82, 2.24) is 5.48 Å². The molecule has 9 nitrogen and oxygen atoms in total. The number of carbonyl (C=O) groups is 2. The number of benzene rings is 3. The molecule has 1 atom stereocenters. The second kappa shape index (κ2) is 11.5. The summed E-state index contributed by atoms with van der Waals surface area (Å²) in [7, 11) is -1.11. The van der Waals surface area contributed by atoms with Gasteiger partial charge in [0, 0.05) is 16.1 Å². The molecular weight excluding hydrogens is 504 g/mol. The normalized spacial score (nSPS) is 15.6. The van der Waals surface area contributed by atoms with E-state index in [2.05, 4.69) is 15.0 Å². The Kier molecular flexibility index (Phi) is 8.16. The second-order valence-corrected chi connectivity index (χ2v) is 10.4. The first-order valence-corrected chi connectivity index (χ1v) is 13.0. The summed E-state index contributed by atoms with van der Waals surface area (Å²) in [6.45, 7) is 3.08. The van der Waals surface area contributed by atoms with E-state index in [0.29, 0.717) is 0 Å². The molecule has 3 aromatic rings. The lowest BCUT2D eigenvalue weighted by molar-refractivity contribution is -0.164. The average Bonchev–Trinajstić information content (AvgIpc) is 3.27. The highest BCUT2D eigenvalue weighted by molar-refractivity contribution is 8.05. The van der Waals surface area contributed by atoms with E-state index >= 15 is 0 Å². The number of hydrogen-bond acceptors (Lipinski definition) is 7. The summed E-state index contributed by atoms with van der Waals surface area (Å²) < 4.78 is 4.06. The SMILES string of the molecule is CC(C)(O/N=S1/C=C(CC(=O)O)N=C1N)C(=O)NOC(c1ccccc1)(c1ccccc1)c1ccccc1. The molecule has 3 aromatic carbocycles. The quantitative estimate of drug-likeness (QED) is 0.265. The lowest BCUT2D eigenvalue weighted by atomic mass is 9.80. The van der Waals surface area contributed by atoms with Crippen LogP contribution in [0.1, 0.15) is 37.0 Å². The highest BCUT2D eigenvalue weighted by atomic mass is 32.2. The van der Waals surface area contributed by atoms with Crippen molar-refractivity contribution in [2.24, 2.45) is 15.3 Å². The fraction of sp³-hybridized carbons (Fsp3) is 0.179. The van der Waals surface area contributed by atoms with E-state index in [1.54, 1.807) is 13.8 Å². The van der Waals surface area contributed by atoms with Gasteiger partial charge in [-0.1, -0.05) is 95.5 Å². The van der Waals surface area contributed by atoms with E-state index in [4.69, 9.17) is 20.5 Å². The monoisotopic (exact) mass is 532 g/mol. The molecule has 10 heteroatoms. The van der Waals surface area contributed by atoms with Crippen LogP contribution in [0, 0.1) is 0 Å². The number of amides is 1. The van der Waals surface area contributed by atoms with Crippen LogP contribution in [0.5, 0.6) is 0 Å². The lowest BCUT2D eigenvalue weighted by Crippen LogP contribution is -2.48. The summed E-state index contributed by atoms with van der Waals surface area (Å²) in [4.78, 5) is 40.2. The van der Waals surface area contributed by atoms with Crippen molar-refractivity contribution in [3.63, 3.8) is 0 Å². The molecule has 0 bridgehead atoms. The van der Waals surface area contributed by atoms with Crippen LogP contribution in [0.15, 0.2) is 112 Å². The van der Waals surface area contributed by atoms with Crippen molar-refractivity contribution >= 4 is 27.7 Å². The first-order chi connectivity index (χ1) is 18.2. The second-order valence-electron chi connectivity index (χ2n) is 8.93.